The minimum Gasteiger partial charge on any atom is -0.381 e. The van der Waals surface area contributed by atoms with Gasteiger partial charge in [-0.15, -0.1) is 11.3 Å². The van der Waals surface area contributed by atoms with Crippen molar-refractivity contribution in [2.75, 3.05) is 24.0 Å². The summed E-state index contributed by atoms with van der Waals surface area (Å²) in [5, 5.41) is 4.62. The maximum atomic E-state index is 5.46. The van der Waals surface area contributed by atoms with E-state index in [0.29, 0.717) is 5.95 Å². The average Bonchev–Trinajstić information content (AvgIpc) is 2.79. The fraction of sp³-hybridized carbons (Fsp3) is 0.538. The Morgan fingerprint density at radius 2 is 2.10 bits per heavy atom. The number of fused-ring (bicyclic) bond motifs is 1. The fourth-order valence-electron chi connectivity index (χ4n) is 2.43. The first-order chi connectivity index (χ1) is 9.59. The SMILES string of the molecule is Cc1cc2c(NC3(C)CCOCC3)nc(NN)nc2s1. The zero-order valence-electron chi connectivity index (χ0n) is 11.7. The summed E-state index contributed by atoms with van der Waals surface area (Å²) in [6.45, 7) is 5.84. The summed E-state index contributed by atoms with van der Waals surface area (Å²) < 4.78 is 5.44. The quantitative estimate of drug-likeness (QED) is 0.594. The first kappa shape index (κ1) is 13.5. The Hall–Kier alpha value is -1.44. The molecule has 0 bridgehead atoms. The van der Waals surface area contributed by atoms with E-state index in [2.05, 4.69) is 40.6 Å². The molecular weight excluding hydrogens is 274 g/mol. The Bertz CT molecular complexity index is 620. The van der Waals surface area contributed by atoms with E-state index < -0.39 is 0 Å². The first-order valence-corrected chi connectivity index (χ1v) is 7.52. The highest BCUT2D eigenvalue weighted by Gasteiger charge is 2.28. The monoisotopic (exact) mass is 293 g/mol. The van der Waals surface area contributed by atoms with Gasteiger partial charge in [0.15, 0.2) is 0 Å². The number of nitrogens with zero attached hydrogens (tertiary/aromatic N) is 2. The summed E-state index contributed by atoms with van der Waals surface area (Å²) in [6.07, 6.45) is 1.93. The third-order valence-corrected chi connectivity index (χ3v) is 4.61. The number of thiophene rings is 1. The molecule has 0 spiro atoms. The van der Waals surface area contributed by atoms with Crippen LogP contribution in [0.3, 0.4) is 0 Å². The number of nitrogens with two attached hydrogens (primary N) is 1. The zero-order chi connectivity index (χ0) is 14.2. The van der Waals surface area contributed by atoms with Crippen molar-refractivity contribution in [2.45, 2.75) is 32.2 Å². The summed E-state index contributed by atoms with van der Waals surface area (Å²) in [5.74, 6) is 6.75. The Kier molecular flexibility index (Phi) is 3.49. The normalized spacial score (nSPS) is 18.1. The highest BCUT2D eigenvalue weighted by atomic mass is 32.1. The Morgan fingerprint density at radius 1 is 1.35 bits per heavy atom. The number of aromatic nitrogens is 2. The molecule has 20 heavy (non-hydrogen) atoms. The predicted molar refractivity (Wildman–Crippen MR) is 82.0 cm³/mol. The number of rotatable bonds is 3. The molecule has 0 amide bonds. The zero-order valence-corrected chi connectivity index (χ0v) is 12.5. The minimum atomic E-state index is 0.00123. The van der Waals surface area contributed by atoms with E-state index in [-0.39, 0.29) is 5.54 Å². The molecule has 2 aromatic rings. The molecule has 0 atom stereocenters. The van der Waals surface area contributed by atoms with Crippen molar-refractivity contribution in [3.63, 3.8) is 0 Å². The summed E-state index contributed by atoms with van der Waals surface area (Å²) in [5.41, 5.74) is 2.54. The summed E-state index contributed by atoms with van der Waals surface area (Å²) in [4.78, 5) is 11.0. The van der Waals surface area contributed by atoms with E-state index in [0.717, 1.165) is 42.1 Å². The van der Waals surface area contributed by atoms with Crippen LogP contribution < -0.4 is 16.6 Å². The molecule has 0 radical (unpaired) electrons. The van der Waals surface area contributed by atoms with Crippen molar-refractivity contribution in [2.24, 2.45) is 5.84 Å². The first-order valence-electron chi connectivity index (χ1n) is 6.70. The molecule has 1 fully saturated rings. The van der Waals surface area contributed by atoms with Crippen LogP contribution in [0.4, 0.5) is 11.8 Å². The van der Waals surface area contributed by atoms with Gasteiger partial charge in [-0.25, -0.2) is 10.8 Å². The second-order valence-electron chi connectivity index (χ2n) is 5.41. The van der Waals surface area contributed by atoms with Gasteiger partial charge in [0.05, 0.1) is 5.39 Å². The lowest BCUT2D eigenvalue weighted by atomic mass is 9.92. The smallest absolute Gasteiger partial charge is 0.240 e. The molecule has 3 rings (SSSR count). The lowest BCUT2D eigenvalue weighted by Gasteiger charge is -2.35. The van der Waals surface area contributed by atoms with Gasteiger partial charge in [-0.1, -0.05) is 0 Å². The number of hydrazine groups is 1. The van der Waals surface area contributed by atoms with Gasteiger partial charge < -0.3 is 10.1 Å². The molecule has 108 valence electrons. The number of aryl methyl sites for hydroxylation is 1. The van der Waals surface area contributed by atoms with Crippen molar-refractivity contribution in [1.29, 1.82) is 0 Å². The molecule has 0 saturated carbocycles. The summed E-state index contributed by atoms with van der Waals surface area (Å²) in [7, 11) is 0. The average molecular weight is 293 g/mol. The Balaban J connectivity index is 2.00. The van der Waals surface area contributed by atoms with Gasteiger partial charge in [0.1, 0.15) is 10.6 Å². The Labute approximate surface area is 121 Å². The highest BCUT2D eigenvalue weighted by Crippen LogP contribution is 2.33. The second-order valence-corrected chi connectivity index (χ2v) is 6.65. The lowest BCUT2D eigenvalue weighted by Crippen LogP contribution is -2.41. The molecule has 3 heterocycles. The van der Waals surface area contributed by atoms with E-state index in [1.807, 2.05) is 0 Å². The van der Waals surface area contributed by atoms with E-state index in [1.54, 1.807) is 11.3 Å². The lowest BCUT2D eigenvalue weighted by molar-refractivity contribution is 0.0657. The molecule has 6 nitrogen and oxygen atoms in total. The van der Waals surface area contributed by atoms with Crippen molar-refractivity contribution in [1.82, 2.24) is 9.97 Å². The number of anilines is 2. The van der Waals surface area contributed by atoms with E-state index in [1.165, 1.54) is 4.88 Å². The van der Waals surface area contributed by atoms with Crippen LogP contribution in [0.15, 0.2) is 6.07 Å². The molecule has 2 aromatic heterocycles. The van der Waals surface area contributed by atoms with Crippen LogP contribution in [-0.2, 0) is 4.74 Å². The third kappa shape index (κ3) is 2.56. The number of hydrogen-bond donors (Lipinski definition) is 3. The fourth-order valence-corrected chi connectivity index (χ4v) is 3.31. The summed E-state index contributed by atoms with van der Waals surface area (Å²) in [6, 6.07) is 2.12. The molecule has 1 aliphatic heterocycles. The van der Waals surface area contributed by atoms with Gasteiger partial charge in [0.2, 0.25) is 5.95 Å². The topological polar surface area (TPSA) is 85.1 Å². The van der Waals surface area contributed by atoms with E-state index in [4.69, 9.17) is 10.6 Å². The molecule has 1 saturated heterocycles. The van der Waals surface area contributed by atoms with Crippen LogP contribution >= 0.6 is 11.3 Å². The highest BCUT2D eigenvalue weighted by molar-refractivity contribution is 7.18. The second kappa shape index (κ2) is 5.16. The van der Waals surface area contributed by atoms with E-state index in [9.17, 15) is 0 Å². The number of hydrogen-bond acceptors (Lipinski definition) is 7. The van der Waals surface area contributed by atoms with Crippen LogP contribution in [0.1, 0.15) is 24.6 Å². The van der Waals surface area contributed by atoms with Crippen molar-refractivity contribution in [3.8, 4) is 0 Å². The number of nitrogen functional groups attached to an aromatic ring is 1. The molecule has 0 aliphatic carbocycles. The van der Waals surface area contributed by atoms with Gasteiger partial charge in [-0.3, -0.25) is 5.43 Å². The molecule has 0 aromatic carbocycles. The number of ether oxygens (including phenoxy) is 1. The van der Waals surface area contributed by atoms with Gasteiger partial charge in [0.25, 0.3) is 0 Å². The third-order valence-electron chi connectivity index (χ3n) is 3.66. The molecule has 7 heteroatoms. The number of nitrogens with one attached hydrogen (secondary N) is 2. The van der Waals surface area contributed by atoms with Crippen molar-refractivity contribution >= 4 is 33.3 Å². The Morgan fingerprint density at radius 3 is 2.80 bits per heavy atom. The van der Waals surface area contributed by atoms with Crippen LogP contribution in [-0.4, -0.2) is 28.7 Å². The molecular formula is C13H19N5OS. The molecule has 4 N–H and O–H groups in total. The predicted octanol–water partition coefficient (Wildman–Crippen LogP) is 2.27. The maximum Gasteiger partial charge on any atom is 0.240 e. The van der Waals surface area contributed by atoms with Crippen LogP contribution in [0.5, 0.6) is 0 Å². The van der Waals surface area contributed by atoms with Crippen LogP contribution in [0.25, 0.3) is 10.2 Å². The van der Waals surface area contributed by atoms with Crippen molar-refractivity contribution < 1.29 is 4.74 Å². The van der Waals surface area contributed by atoms with Crippen LogP contribution in [0.2, 0.25) is 0 Å². The standard InChI is InChI=1S/C13H19N5OS/c1-8-7-9-10(15-12(18-14)16-11(9)20-8)17-13(2)3-5-19-6-4-13/h7H,3-6,14H2,1-2H3,(H2,15,16,17,18). The van der Waals surface area contributed by atoms with Gasteiger partial charge in [0, 0.05) is 23.6 Å². The van der Waals surface area contributed by atoms with Crippen LogP contribution in [0, 0.1) is 6.92 Å². The van der Waals surface area contributed by atoms with Gasteiger partial charge in [-0.05, 0) is 32.8 Å². The minimum absolute atomic E-state index is 0.00123. The van der Waals surface area contributed by atoms with Gasteiger partial charge >= 0.3 is 0 Å². The molecule has 1 aliphatic rings. The maximum absolute atomic E-state index is 5.46. The molecule has 0 unspecified atom stereocenters. The van der Waals surface area contributed by atoms with Crippen molar-refractivity contribution in [3.05, 3.63) is 10.9 Å². The largest absolute Gasteiger partial charge is 0.381 e. The summed E-state index contributed by atoms with van der Waals surface area (Å²) >= 11 is 1.65. The van der Waals surface area contributed by atoms with Gasteiger partial charge in [-0.2, -0.15) is 4.98 Å². The van der Waals surface area contributed by atoms with E-state index >= 15 is 0 Å².